The Labute approximate surface area is 118 Å². The minimum Gasteiger partial charge on any atom is -0.441 e. The fourth-order valence-corrected chi connectivity index (χ4v) is 2.22. The monoisotopic (exact) mass is 274 g/mol. The van der Waals surface area contributed by atoms with E-state index in [4.69, 9.17) is 4.42 Å². The van der Waals surface area contributed by atoms with E-state index in [0.717, 1.165) is 25.4 Å². The Morgan fingerprint density at radius 3 is 3.05 bits per heavy atom. The minimum absolute atomic E-state index is 0.231. The van der Waals surface area contributed by atoms with Gasteiger partial charge in [-0.2, -0.15) is 0 Å². The van der Waals surface area contributed by atoms with Crippen LogP contribution in [0.2, 0.25) is 0 Å². The second-order valence-corrected chi connectivity index (χ2v) is 5.39. The molecule has 1 aliphatic carbocycles. The van der Waals surface area contributed by atoms with Crippen molar-refractivity contribution in [1.29, 1.82) is 0 Å². The first-order valence-electron chi connectivity index (χ1n) is 7.17. The van der Waals surface area contributed by atoms with Crippen molar-refractivity contribution in [2.24, 2.45) is 0 Å². The van der Waals surface area contributed by atoms with Crippen molar-refractivity contribution in [1.82, 2.24) is 10.3 Å². The molecule has 1 aliphatic rings. The molecule has 3 nitrogen and oxygen atoms in total. The van der Waals surface area contributed by atoms with Crippen molar-refractivity contribution in [3.05, 3.63) is 41.7 Å². The molecular formula is C16H19FN2O. The minimum atomic E-state index is -0.231. The summed E-state index contributed by atoms with van der Waals surface area (Å²) < 4.78 is 19.7. The number of halogens is 1. The van der Waals surface area contributed by atoms with Crippen LogP contribution in [-0.2, 0) is 6.42 Å². The van der Waals surface area contributed by atoms with Crippen molar-refractivity contribution in [3.63, 3.8) is 0 Å². The third kappa shape index (κ3) is 3.07. The lowest BCUT2D eigenvalue weighted by atomic mass is 10.1. The number of nitrogens with one attached hydrogen (secondary N) is 1. The van der Waals surface area contributed by atoms with Gasteiger partial charge in [-0.1, -0.05) is 12.1 Å². The van der Waals surface area contributed by atoms with E-state index in [1.165, 1.54) is 12.8 Å². The van der Waals surface area contributed by atoms with Crippen LogP contribution >= 0.6 is 0 Å². The molecule has 1 aromatic heterocycles. The van der Waals surface area contributed by atoms with Crippen LogP contribution in [-0.4, -0.2) is 17.6 Å². The Morgan fingerprint density at radius 1 is 1.40 bits per heavy atom. The summed E-state index contributed by atoms with van der Waals surface area (Å²) in [5.74, 6) is 0.959. The predicted octanol–water partition coefficient (Wildman–Crippen LogP) is 3.47. The summed E-state index contributed by atoms with van der Waals surface area (Å²) in [5.41, 5.74) is 1.11. The molecule has 20 heavy (non-hydrogen) atoms. The zero-order valence-electron chi connectivity index (χ0n) is 11.7. The lowest BCUT2D eigenvalue weighted by Crippen LogP contribution is -2.17. The Balaban J connectivity index is 1.62. The van der Waals surface area contributed by atoms with Gasteiger partial charge in [-0.25, -0.2) is 9.37 Å². The predicted molar refractivity (Wildman–Crippen MR) is 76.0 cm³/mol. The summed E-state index contributed by atoms with van der Waals surface area (Å²) in [6, 6.07) is 6.03. The maximum atomic E-state index is 14.0. The van der Waals surface area contributed by atoms with Gasteiger partial charge in [0.2, 0.25) is 0 Å². The molecule has 106 valence electrons. The number of oxazole rings is 1. The van der Waals surface area contributed by atoms with Crippen LogP contribution in [0.5, 0.6) is 0 Å². The molecule has 0 aliphatic heterocycles. The van der Waals surface area contributed by atoms with Gasteiger partial charge in [0, 0.05) is 12.5 Å². The van der Waals surface area contributed by atoms with Gasteiger partial charge < -0.3 is 9.73 Å². The molecule has 0 spiro atoms. The number of benzene rings is 1. The van der Waals surface area contributed by atoms with Crippen LogP contribution in [0.15, 0.2) is 28.8 Å². The average Bonchev–Trinajstić information content (AvgIpc) is 3.15. The highest BCUT2D eigenvalue weighted by molar-refractivity contribution is 5.58. The summed E-state index contributed by atoms with van der Waals surface area (Å²) in [6.45, 7) is 2.74. The highest BCUT2D eigenvalue weighted by atomic mass is 19.1. The smallest absolute Gasteiger partial charge is 0.194 e. The average molecular weight is 274 g/mol. The lowest BCUT2D eigenvalue weighted by Gasteiger charge is -2.02. The quantitative estimate of drug-likeness (QED) is 0.820. The van der Waals surface area contributed by atoms with Crippen LogP contribution in [0, 0.1) is 12.7 Å². The van der Waals surface area contributed by atoms with Gasteiger partial charge in [0.15, 0.2) is 11.7 Å². The maximum absolute atomic E-state index is 14.0. The molecule has 0 bridgehead atoms. The van der Waals surface area contributed by atoms with Crippen LogP contribution < -0.4 is 5.32 Å². The second kappa shape index (κ2) is 5.75. The summed E-state index contributed by atoms with van der Waals surface area (Å²) in [6.07, 6.45) is 5.99. The van der Waals surface area contributed by atoms with Crippen LogP contribution in [0.25, 0.3) is 11.3 Å². The molecule has 0 amide bonds. The SMILES string of the molecule is Cc1cccc(-c2cnc(CCCNC3CC3)o2)c1F. The molecule has 0 atom stereocenters. The molecule has 0 radical (unpaired) electrons. The van der Waals surface area contributed by atoms with Crippen molar-refractivity contribution >= 4 is 0 Å². The highest BCUT2D eigenvalue weighted by Gasteiger charge is 2.19. The summed E-state index contributed by atoms with van der Waals surface area (Å²) in [7, 11) is 0. The first kappa shape index (κ1) is 13.3. The van der Waals surface area contributed by atoms with Crippen molar-refractivity contribution in [2.75, 3.05) is 6.54 Å². The summed E-state index contributed by atoms with van der Waals surface area (Å²) in [5, 5.41) is 3.45. The van der Waals surface area contributed by atoms with Gasteiger partial charge in [0.25, 0.3) is 0 Å². The highest BCUT2D eigenvalue weighted by Crippen LogP contribution is 2.25. The Morgan fingerprint density at radius 2 is 2.25 bits per heavy atom. The first-order chi connectivity index (χ1) is 9.74. The van der Waals surface area contributed by atoms with Crippen molar-refractivity contribution in [3.8, 4) is 11.3 Å². The van der Waals surface area contributed by atoms with E-state index in [2.05, 4.69) is 10.3 Å². The summed E-state index contributed by atoms with van der Waals surface area (Å²) >= 11 is 0. The molecule has 2 aromatic rings. The Hall–Kier alpha value is -1.68. The fraction of sp³-hybridized carbons (Fsp3) is 0.438. The molecule has 1 fully saturated rings. The van der Waals surface area contributed by atoms with Gasteiger partial charge in [0.1, 0.15) is 5.82 Å². The summed E-state index contributed by atoms with van der Waals surface area (Å²) in [4.78, 5) is 4.23. The van der Waals surface area contributed by atoms with Crippen LogP contribution in [0.1, 0.15) is 30.7 Å². The van der Waals surface area contributed by atoms with Gasteiger partial charge >= 0.3 is 0 Å². The molecule has 1 aromatic carbocycles. The standard InChI is InChI=1S/C16H19FN2O/c1-11-4-2-5-13(16(11)17)14-10-19-15(20-14)6-3-9-18-12-7-8-12/h2,4-5,10,12,18H,3,6-9H2,1H3. The molecule has 0 saturated heterocycles. The number of hydrogen-bond donors (Lipinski definition) is 1. The zero-order valence-corrected chi connectivity index (χ0v) is 11.7. The first-order valence-corrected chi connectivity index (χ1v) is 7.17. The van der Waals surface area contributed by atoms with E-state index in [1.807, 2.05) is 6.07 Å². The number of aryl methyl sites for hydroxylation is 2. The van der Waals surface area contributed by atoms with Crippen LogP contribution in [0.3, 0.4) is 0 Å². The topological polar surface area (TPSA) is 38.1 Å². The van der Waals surface area contributed by atoms with Gasteiger partial charge in [-0.15, -0.1) is 0 Å². The molecule has 3 rings (SSSR count). The zero-order chi connectivity index (χ0) is 13.9. The van der Waals surface area contributed by atoms with Gasteiger partial charge in [-0.3, -0.25) is 0 Å². The molecule has 1 saturated carbocycles. The number of nitrogens with zero attached hydrogens (tertiary/aromatic N) is 1. The van der Waals surface area contributed by atoms with E-state index in [1.54, 1.807) is 25.3 Å². The molecular weight excluding hydrogens is 255 g/mol. The molecule has 4 heteroatoms. The van der Waals surface area contributed by atoms with E-state index < -0.39 is 0 Å². The third-order valence-electron chi connectivity index (χ3n) is 3.59. The third-order valence-corrected chi connectivity index (χ3v) is 3.59. The van der Waals surface area contributed by atoms with E-state index in [-0.39, 0.29) is 5.82 Å². The van der Waals surface area contributed by atoms with Crippen molar-refractivity contribution < 1.29 is 8.81 Å². The van der Waals surface area contributed by atoms with Gasteiger partial charge in [-0.05, 0) is 44.4 Å². The normalized spacial score (nSPS) is 14.7. The fourth-order valence-electron chi connectivity index (χ4n) is 2.22. The number of rotatable bonds is 6. The van der Waals surface area contributed by atoms with E-state index in [0.29, 0.717) is 22.8 Å². The largest absolute Gasteiger partial charge is 0.441 e. The maximum Gasteiger partial charge on any atom is 0.194 e. The lowest BCUT2D eigenvalue weighted by molar-refractivity contribution is 0.488. The van der Waals surface area contributed by atoms with E-state index in [9.17, 15) is 4.39 Å². The number of aromatic nitrogens is 1. The van der Waals surface area contributed by atoms with Crippen LogP contribution in [0.4, 0.5) is 4.39 Å². The molecule has 1 N–H and O–H groups in total. The van der Waals surface area contributed by atoms with E-state index >= 15 is 0 Å². The number of hydrogen-bond acceptors (Lipinski definition) is 3. The van der Waals surface area contributed by atoms with Crippen molar-refractivity contribution in [2.45, 2.75) is 38.6 Å². The molecule has 0 unspecified atom stereocenters. The second-order valence-electron chi connectivity index (χ2n) is 5.39. The van der Waals surface area contributed by atoms with Gasteiger partial charge in [0.05, 0.1) is 11.8 Å². The Kier molecular flexibility index (Phi) is 3.83. The molecule has 1 heterocycles. The Bertz CT molecular complexity index is 590.